The van der Waals surface area contributed by atoms with E-state index < -0.39 is 11.9 Å². The molecule has 0 aromatic carbocycles. The summed E-state index contributed by atoms with van der Waals surface area (Å²) in [6.07, 6.45) is 1.16. The van der Waals surface area contributed by atoms with E-state index in [0.717, 1.165) is 23.5 Å². The van der Waals surface area contributed by atoms with E-state index in [2.05, 4.69) is 4.98 Å². The van der Waals surface area contributed by atoms with Gasteiger partial charge in [-0.3, -0.25) is 0 Å². The molecule has 1 aromatic heterocycles. The summed E-state index contributed by atoms with van der Waals surface area (Å²) in [6, 6.07) is 0. The van der Waals surface area contributed by atoms with Crippen LogP contribution in [0.4, 0.5) is 4.79 Å². The van der Waals surface area contributed by atoms with Crippen molar-refractivity contribution in [2.45, 2.75) is 51.4 Å². The zero-order chi connectivity index (χ0) is 17.0. The fourth-order valence-electron chi connectivity index (χ4n) is 2.57. The summed E-state index contributed by atoms with van der Waals surface area (Å²) in [7, 11) is 3.21. The van der Waals surface area contributed by atoms with Crippen molar-refractivity contribution in [3.8, 4) is 0 Å². The molecule has 0 aliphatic carbocycles. The molecule has 0 radical (unpaired) electrons. The van der Waals surface area contributed by atoms with Crippen molar-refractivity contribution in [3.63, 3.8) is 0 Å². The van der Waals surface area contributed by atoms with Crippen LogP contribution in [0, 0.1) is 0 Å². The van der Waals surface area contributed by atoms with Gasteiger partial charge in [-0.25, -0.2) is 9.78 Å². The van der Waals surface area contributed by atoms with Gasteiger partial charge in [-0.15, -0.1) is 11.3 Å². The van der Waals surface area contributed by atoms with Gasteiger partial charge in [-0.05, 0) is 33.6 Å². The van der Waals surface area contributed by atoms with Gasteiger partial charge in [0.15, 0.2) is 0 Å². The summed E-state index contributed by atoms with van der Waals surface area (Å²) in [6.45, 7) is 7.06. The molecule has 1 aliphatic rings. The smallest absolute Gasteiger partial charge is 0.410 e. The van der Waals surface area contributed by atoms with Crippen molar-refractivity contribution in [1.82, 2.24) is 9.88 Å². The van der Waals surface area contributed by atoms with E-state index in [1.807, 2.05) is 26.2 Å². The molecule has 0 N–H and O–H groups in total. The molecule has 0 bridgehead atoms. The number of aromatic nitrogens is 1. The van der Waals surface area contributed by atoms with Gasteiger partial charge in [-0.2, -0.15) is 0 Å². The van der Waals surface area contributed by atoms with Crippen LogP contribution in [0.25, 0.3) is 0 Å². The van der Waals surface area contributed by atoms with E-state index in [4.69, 9.17) is 14.2 Å². The molecule has 0 spiro atoms. The predicted molar refractivity (Wildman–Crippen MR) is 88.7 cm³/mol. The fourth-order valence-corrected chi connectivity index (χ4v) is 3.56. The predicted octanol–water partition coefficient (Wildman–Crippen LogP) is 3.55. The van der Waals surface area contributed by atoms with E-state index in [-0.39, 0.29) is 6.09 Å². The number of methoxy groups -OCH3 is 2. The highest BCUT2D eigenvalue weighted by molar-refractivity contribution is 7.09. The molecule has 1 fully saturated rings. The summed E-state index contributed by atoms with van der Waals surface area (Å²) in [5.41, 5.74) is 0.359. The second-order valence-electron chi connectivity index (χ2n) is 6.66. The highest BCUT2D eigenvalue weighted by atomic mass is 32.1. The van der Waals surface area contributed by atoms with Crippen LogP contribution in [-0.2, 0) is 14.2 Å². The number of hydrogen-bond acceptors (Lipinski definition) is 6. The number of piperidine rings is 1. The molecule has 1 aliphatic heterocycles. The topological polar surface area (TPSA) is 60.9 Å². The summed E-state index contributed by atoms with van der Waals surface area (Å²) >= 11 is 1.63. The molecule has 2 heterocycles. The molecule has 0 unspecified atom stereocenters. The van der Waals surface area contributed by atoms with Gasteiger partial charge in [0.2, 0.25) is 6.29 Å². The van der Waals surface area contributed by atoms with Crippen LogP contribution >= 0.6 is 11.3 Å². The summed E-state index contributed by atoms with van der Waals surface area (Å²) < 4.78 is 15.9. The molecule has 130 valence electrons. The Kier molecular flexibility index (Phi) is 6.00. The van der Waals surface area contributed by atoms with Crippen LogP contribution < -0.4 is 0 Å². The number of thiazole rings is 1. The Labute approximate surface area is 141 Å². The average molecular weight is 342 g/mol. The number of amides is 1. The maximum atomic E-state index is 12.1. The number of ether oxygens (including phenoxy) is 3. The van der Waals surface area contributed by atoms with E-state index in [0.29, 0.717) is 19.0 Å². The second-order valence-corrected chi connectivity index (χ2v) is 7.55. The van der Waals surface area contributed by atoms with Gasteiger partial charge < -0.3 is 19.1 Å². The third-order valence-electron chi connectivity index (χ3n) is 3.71. The highest BCUT2D eigenvalue weighted by Crippen LogP contribution is 2.32. The normalized spacial score (nSPS) is 16.9. The molecule has 23 heavy (non-hydrogen) atoms. The van der Waals surface area contributed by atoms with Crippen LogP contribution in [-0.4, -0.2) is 48.9 Å². The van der Waals surface area contributed by atoms with Crippen molar-refractivity contribution in [2.75, 3.05) is 27.3 Å². The second kappa shape index (κ2) is 7.59. The lowest BCUT2D eigenvalue weighted by Gasteiger charge is -2.32. The monoisotopic (exact) mass is 342 g/mol. The van der Waals surface area contributed by atoms with Crippen molar-refractivity contribution in [1.29, 1.82) is 0 Å². The molecule has 6 nitrogen and oxygen atoms in total. The van der Waals surface area contributed by atoms with Crippen molar-refractivity contribution >= 4 is 17.4 Å². The first kappa shape index (κ1) is 18.2. The first-order valence-corrected chi connectivity index (χ1v) is 8.71. The quantitative estimate of drug-likeness (QED) is 0.783. The summed E-state index contributed by atoms with van der Waals surface area (Å²) in [5.74, 6) is 0.377. The van der Waals surface area contributed by atoms with E-state index in [1.165, 1.54) is 0 Å². The maximum Gasteiger partial charge on any atom is 0.410 e. The van der Waals surface area contributed by atoms with Crippen LogP contribution in [0.2, 0.25) is 0 Å². The van der Waals surface area contributed by atoms with Crippen molar-refractivity contribution in [3.05, 3.63) is 16.1 Å². The van der Waals surface area contributed by atoms with E-state index >= 15 is 0 Å². The summed E-state index contributed by atoms with van der Waals surface area (Å²) in [4.78, 5) is 18.5. The van der Waals surface area contributed by atoms with Crippen LogP contribution in [0.5, 0.6) is 0 Å². The van der Waals surface area contributed by atoms with Crippen LogP contribution in [0.1, 0.15) is 56.5 Å². The van der Waals surface area contributed by atoms with Gasteiger partial charge in [0.1, 0.15) is 11.3 Å². The lowest BCUT2D eigenvalue weighted by Crippen LogP contribution is -2.41. The number of carbonyl (C=O) groups is 1. The minimum Gasteiger partial charge on any atom is -0.444 e. The SMILES string of the molecule is COC(OC)c1csc(C2CCN(C(=O)OC(C)(C)C)CC2)n1. The van der Waals surface area contributed by atoms with E-state index in [1.54, 1.807) is 30.5 Å². The van der Waals surface area contributed by atoms with Gasteiger partial charge in [-0.1, -0.05) is 0 Å². The standard InChI is InChI=1S/C16H26N2O4S/c1-16(2,3)22-15(19)18-8-6-11(7-9-18)13-17-12(10-23-13)14(20-4)21-5/h10-11,14H,6-9H2,1-5H3. The van der Waals surface area contributed by atoms with Crippen molar-refractivity contribution < 1.29 is 19.0 Å². The van der Waals surface area contributed by atoms with Crippen molar-refractivity contribution in [2.24, 2.45) is 0 Å². The molecule has 1 aromatic rings. The number of likely N-dealkylation sites (tertiary alicyclic amines) is 1. The minimum atomic E-state index is -0.451. The molecule has 1 saturated heterocycles. The molecular weight excluding hydrogens is 316 g/mol. The lowest BCUT2D eigenvalue weighted by molar-refractivity contribution is -0.108. The Bertz CT molecular complexity index is 514. The van der Waals surface area contributed by atoms with E-state index in [9.17, 15) is 4.79 Å². The minimum absolute atomic E-state index is 0.227. The first-order chi connectivity index (χ1) is 10.8. The third kappa shape index (κ3) is 4.89. The molecular formula is C16H26N2O4S. The molecule has 1 amide bonds. The molecule has 2 rings (SSSR count). The number of carbonyl (C=O) groups excluding carboxylic acids is 1. The average Bonchev–Trinajstić information content (AvgIpc) is 2.97. The Hall–Kier alpha value is -1.18. The molecule has 7 heteroatoms. The lowest BCUT2D eigenvalue weighted by atomic mass is 9.98. The Morgan fingerprint density at radius 3 is 2.43 bits per heavy atom. The number of hydrogen-bond donors (Lipinski definition) is 0. The number of nitrogens with zero attached hydrogens (tertiary/aromatic N) is 2. The third-order valence-corrected chi connectivity index (χ3v) is 4.73. The zero-order valence-electron chi connectivity index (χ0n) is 14.5. The fraction of sp³-hybridized carbons (Fsp3) is 0.750. The van der Waals surface area contributed by atoms with Gasteiger partial charge >= 0.3 is 6.09 Å². The Morgan fingerprint density at radius 1 is 1.30 bits per heavy atom. The van der Waals surface area contributed by atoms with Crippen LogP contribution in [0.3, 0.4) is 0 Å². The van der Waals surface area contributed by atoms with Gasteiger partial charge in [0.25, 0.3) is 0 Å². The van der Waals surface area contributed by atoms with Gasteiger partial charge in [0.05, 0.1) is 5.01 Å². The van der Waals surface area contributed by atoms with Crippen LogP contribution in [0.15, 0.2) is 5.38 Å². The Morgan fingerprint density at radius 2 is 1.91 bits per heavy atom. The first-order valence-electron chi connectivity index (χ1n) is 7.83. The highest BCUT2D eigenvalue weighted by Gasteiger charge is 2.29. The number of rotatable bonds is 4. The summed E-state index contributed by atoms with van der Waals surface area (Å²) in [5, 5.41) is 3.07. The van der Waals surface area contributed by atoms with Gasteiger partial charge in [0, 0.05) is 38.6 Å². The zero-order valence-corrected chi connectivity index (χ0v) is 15.3. The maximum absolute atomic E-state index is 12.1. The molecule has 0 saturated carbocycles. The largest absolute Gasteiger partial charge is 0.444 e. The Balaban J connectivity index is 1.91. The molecule has 0 atom stereocenters.